The average molecular weight is 226 g/mol. The highest BCUT2D eigenvalue weighted by Gasteiger charge is 2.53. The average Bonchev–Trinajstić information content (AvgIpc) is 3.01. The summed E-state index contributed by atoms with van der Waals surface area (Å²) in [7, 11) is 0. The number of rotatable bonds is 2. The minimum atomic E-state index is 0.464. The van der Waals surface area contributed by atoms with Crippen molar-refractivity contribution in [3.8, 4) is 5.75 Å². The van der Waals surface area contributed by atoms with Gasteiger partial charge in [-0.1, -0.05) is 30.4 Å². The van der Waals surface area contributed by atoms with E-state index in [0.717, 1.165) is 29.4 Å². The fourth-order valence-corrected chi connectivity index (χ4v) is 4.29. The fourth-order valence-electron chi connectivity index (χ4n) is 4.29. The molecule has 0 amide bonds. The first-order valence-corrected chi connectivity index (χ1v) is 6.80. The first-order valence-electron chi connectivity index (χ1n) is 6.80. The summed E-state index contributed by atoms with van der Waals surface area (Å²) in [6.07, 6.45) is 9.31. The molecule has 0 unspecified atom stereocenters. The molecule has 3 aliphatic rings. The maximum Gasteiger partial charge on any atom is 0.119 e. The van der Waals surface area contributed by atoms with Gasteiger partial charge in [-0.3, -0.25) is 0 Å². The Hall–Kier alpha value is -1.24. The van der Waals surface area contributed by atoms with Gasteiger partial charge >= 0.3 is 0 Å². The first-order chi connectivity index (χ1) is 8.42. The molecule has 0 spiro atoms. The van der Waals surface area contributed by atoms with Crippen molar-refractivity contribution in [3.63, 3.8) is 0 Å². The van der Waals surface area contributed by atoms with Gasteiger partial charge in [0, 0.05) is 5.92 Å². The quantitative estimate of drug-likeness (QED) is 0.699. The molecule has 1 nitrogen and oxygen atoms in total. The monoisotopic (exact) mass is 226 g/mol. The van der Waals surface area contributed by atoms with Crippen molar-refractivity contribution in [2.45, 2.75) is 25.4 Å². The van der Waals surface area contributed by atoms with E-state index in [0.29, 0.717) is 6.10 Å². The molecular formula is C16H18O. The summed E-state index contributed by atoms with van der Waals surface area (Å²) in [6, 6.07) is 10.3. The molecular weight excluding hydrogens is 208 g/mol. The summed E-state index contributed by atoms with van der Waals surface area (Å²) in [4.78, 5) is 0. The van der Waals surface area contributed by atoms with Gasteiger partial charge in [0.2, 0.25) is 0 Å². The molecule has 88 valence electrons. The Morgan fingerprint density at radius 3 is 2.76 bits per heavy atom. The number of ether oxygens (including phenoxy) is 1. The minimum absolute atomic E-state index is 0.464. The third-order valence-corrected chi connectivity index (χ3v) is 4.98. The van der Waals surface area contributed by atoms with Crippen LogP contribution in [0.2, 0.25) is 0 Å². The Kier molecular flexibility index (Phi) is 2.08. The fraction of sp³-hybridized carbons (Fsp3) is 0.500. The molecule has 2 bridgehead atoms. The lowest BCUT2D eigenvalue weighted by molar-refractivity contribution is 0.0955. The van der Waals surface area contributed by atoms with Crippen LogP contribution in [0.15, 0.2) is 42.5 Å². The molecule has 2 saturated carbocycles. The molecule has 1 aromatic rings. The predicted molar refractivity (Wildman–Crippen MR) is 67.8 cm³/mol. The third-order valence-electron chi connectivity index (χ3n) is 4.98. The molecule has 4 rings (SSSR count). The zero-order valence-electron chi connectivity index (χ0n) is 9.96. The summed E-state index contributed by atoms with van der Waals surface area (Å²) < 4.78 is 6.18. The van der Waals surface area contributed by atoms with E-state index < -0.39 is 0 Å². The van der Waals surface area contributed by atoms with Crippen LogP contribution in [-0.2, 0) is 0 Å². The van der Waals surface area contributed by atoms with Crippen LogP contribution in [0.25, 0.3) is 0 Å². The van der Waals surface area contributed by atoms with E-state index in [1.807, 2.05) is 6.07 Å². The van der Waals surface area contributed by atoms with Gasteiger partial charge in [0.25, 0.3) is 0 Å². The molecule has 0 radical (unpaired) electrons. The van der Waals surface area contributed by atoms with E-state index >= 15 is 0 Å². The lowest BCUT2D eigenvalue weighted by atomic mass is 9.80. The van der Waals surface area contributed by atoms with Crippen molar-refractivity contribution in [1.29, 1.82) is 0 Å². The number of benzene rings is 1. The van der Waals surface area contributed by atoms with E-state index in [4.69, 9.17) is 4.74 Å². The van der Waals surface area contributed by atoms with Crippen LogP contribution >= 0.6 is 0 Å². The van der Waals surface area contributed by atoms with E-state index in [9.17, 15) is 0 Å². The third kappa shape index (κ3) is 1.45. The van der Waals surface area contributed by atoms with Gasteiger partial charge in [-0.15, -0.1) is 0 Å². The van der Waals surface area contributed by atoms with Crippen LogP contribution in [0, 0.1) is 23.7 Å². The van der Waals surface area contributed by atoms with Crippen molar-refractivity contribution < 1.29 is 4.74 Å². The largest absolute Gasteiger partial charge is 0.490 e. The highest BCUT2D eigenvalue weighted by molar-refractivity contribution is 5.23. The molecule has 0 heterocycles. The SMILES string of the molecule is C1=C[C@H]2[C@H]3C[C@@H](C[C@H]3Oc3ccccc3)[C@@H]2C1. The van der Waals surface area contributed by atoms with E-state index in [-0.39, 0.29) is 0 Å². The van der Waals surface area contributed by atoms with Gasteiger partial charge in [-0.05, 0) is 49.1 Å². The van der Waals surface area contributed by atoms with Gasteiger partial charge in [0.05, 0.1) is 0 Å². The Morgan fingerprint density at radius 1 is 1.00 bits per heavy atom. The standard InChI is InChI=1S/C16H18O/c1-2-5-12(6-3-1)17-16-10-11-9-15(16)14-8-4-7-13(11)14/h1-6,8,11,13-16H,7,9-10H2/t11-,13-,14+,15+,16+/m0/s1. The van der Waals surface area contributed by atoms with Gasteiger partial charge in [0.1, 0.15) is 11.9 Å². The molecule has 3 aliphatic carbocycles. The molecule has 0 saturated heterocycles. The molecule has 0 aliphatic heterocycles. The Balaban J connectivity index is 1.53. The number of fused-ring (bicyclic) bond motifs is 5. The molecule has 0 aromatic heterocycles. The smallest absolute Gasteiger partial charge is 0.119 e. The minimum Gasteiger partial charge on any atom is -0.490 e. The zero-order valence-corrected chi connectivity index (χ0v) is 9.96. The number of allylic oxidation sites excluding steroid dienone is 2. The summed E-state index contributed by atoms with van der Waals surface area (Å²) in [6.45, 7) is 0. The predicted octanol–water partition coefficient (Wildman–Crippen LogP) is 3.67. The Labute approximate surface area is 102 Å². The Morgan fingerprint density at radius 2 is 1.88 bits per heavy atom. The maximum absolute atomic E-state index is 6.18. The molecule has 1 aromatic carbocycles. The number of para-hydroxylation sites is 1. The second-order valence-corrected chi connectivity index (χ2v) is 5.77. The summed E-state index contributed by atoms with van der Waals surface area (Å²) in [5.74, 6) is 4.53. The molecule has 2 fully saturated rings. The Bertz CT molecular complexity index is 436. The second kappa shape index (κ2) is 3.63. The van der Waals surface area contributed by atoms with Crippen molar-refractivity contribution in [3.05, 3.63) is 42.5 Å². The lowest BCUT2D eigenvalue weighted by Gasteiger charge is -2.31. The second-order valence-electron chi connectivity index (χ2n) is 5.77. The van der Waals surface area contributed by atoms with Crippen molar-refractivity contribution in [2.24, 2.45) is 23.7 Å². The van der Waals surface area contributed by atoms with Crippen LogP contribution in [0.3, 0.4) is 0 Å². The van der Waals surface area contributed by atoms with Crippen LogP contribution in [0.4, 0.5) is 0 Å². The molecule has 5 atom stereocenters. The topological polar surface area (TPSA) is 9.23 Å². The van der Waals surface area contributed by atoms with Gasteiger partial charge in [-0.2, -0.15) is 0 Å². The van der Waals surface area contributed by atoms with Crippen LogP contribution in [0.5, 0.6) is 5.75 Å². The van der Waals surface area contributed by atoms with Crippen molar-refractivity contribution in [1.82, 2.24) is 0 Å². The molecule has 17 heavy (non-hydrogen) atoms. The maximum atomic E-state index is 6.18. The normalized spacial score (nSPS) is 41.8. The summed E-state index contributed by atoms with van der Waals surface area (Å²) in [5.41, 5.74) is 0. The van der Waals surface area contributed by atoms with Gasteiger partial charge < -0.3 is 4.74 Å². The van der Waals surface area contributed by atoms with E-state index in [2.05, 4.69) is 36.4 Å². The highest BCUT2D eigenvalue weighted by atomic mass is 16.5. The van der Waals surface area contributed by atoms with Crippen LogP contribution in [-0.4, -0.2) is 6.10 Å². The van der Waals surface area contributed by atoms with E-state index in [1.54, 1.807) is 0 Å². The van der Waals surface area contributed by atoms with Crippen molar-refractivity contribution >= 4 is 0 Å². The zero-order chi connectivity index (χ0) is 11.2. The summed E-state index contributed by atoms with van der Waals surface area (Å²) in [5, 5.41) is 0. The van der Waals surface area contributed by atoms with Crippen LogP contribution in [0.1, 0.15) is 19.3 Å². The van der Waals surface area contributed by atoms with Crippen LogP contribution < -0.4 is 4.74 Å². The van der Waals surface area contributed by atoms with Crippen molar-refractivity contribution in [2.75, 3.05) is 0 Å². The number of hydrogen-bond donors (Lipinski definition) is 0. The highest BCUT2D eigenvalue weighted by Crippen LogP contribution is 2.57. The first kappa shape index (κ1) is 9.76. The number of hydrogen-bond acceptors (Lipinski definition) is 1. The molecule has 1 heteroatoms. The lowest BCUT2D eigenvalue weighted by Crippen LogP contribution is -2.32. The van der Waals surface area contributed by atoms with E-state index in [1.165, 1.54) is 19.3 Å². The van der Waals surface area contributed by atoms with Gasteiger partial charge in [-0.25, -0.2) is 0 Å². The summed E-state index contributed by atoms with van der Waals surface area (Å²) >= 11 is 0. The molecule has 0 N–H and O–H groups in total. The van der Waals surface area contributed by atoms with Gasteiger partial charge in [0.15, 0.2) is 0 Å².